The fraction of sp³-hybridized carbons (Fsp3) is 0.533. The number of hydrogen-bond acceptors (Lipinski definition) is 2. The number of hydrogen-bond donors (Lipinski definition) is 2. The highest BCUT2D eigenvalue weighted by atomic mass is 16.5. The van der Waals surface area contributed by atoms with Gasteiger partial charge in [-0.3, -0.25) is 0 Å². The van der Waals surface area contributed by atoms with Gasteiger partial charge in [0, 0.05) is 17.8 Å². The van der Waals surface area contributed by atoms with Crippen molar-refractivity contribution in [3.63, 3.8) is 0 Å². The molecule has 2 N–H and O–H groups in total. The van der Waals surface area contributed by atoms with Crippen LogP contribution < -0.4 is 15.4 Å². The van der Waals surface area contributed by atoms with Crippen molar-refractivity contribution in [1.29, 1.82) is 0 Å². The number of nitrogens with one attached hydrogen (secondary N) is 2. The smallest absolute Gasteiger partial charge is 0.319 e. The summed E-state index contributed by atoms with van der Waals surface area (Å²) in [5.74, 6) is 2.28. The summed E-state index contributed by atoms with van der Waals surface area (Å²) < 4.78 is 5.14. The minimum atomic E-state index is -0.106. The molecule has 3 atom stereocenters. The van der Waals surface area contributed by atoms with E-state index in [1.54, 1.807) is 7.11 Å². The maximum atomic E-state index is 12.0. The van der Waals surface area contributed by atoms with E-state index in [1.165, 1.54) is 19.3 Å². The third-order valence-corrected chi connectivity index (χ3v) is 4.38. The maximum Gasteiger partial charge on any atom is 0.319 e. The van der Waals surface area contributed by atoms with Gasteiger partial charge in [0.25, 0.3) is 0 Å². The molecule has 0 spiro atoms. The van der Waals surface area contributed by atoms with Crippen LogP contribution in [0.5, 0.6) is 5.75 Å². The number of carbonyl (C=O) groups excluding carboxylic acids is 1. The molecule has 0 radical (unpaired) electrons. The molecule has 4 heteroatoms. The minimum absolute atomic E-state index is 0.106. The van der Waals surface area contributed by atoms with Crippen LogP contribution in [0.2, 0.25) is 0 Å². The largest absolute Gasteiger partial charge is 0.497 e. The van der Waals surface area contributed by atoms with Crippen LogP contribution in [0.15, 0.2) is 24.3 Å². The number of methoxy groups -OCH3 is 1. The van der Waals surface area contributed by atoms with Crippen LogP contribution in [0.4, 0.5) is 10.5 Å². The molecular weight excluding hydrogens is 240 g/mol. The van der Waals surface area contributed by atoms with E-state index in [-0.39, 0.29) is 6.03 Å². The number of amides is 2. The second-order valence-corrected chi connectivity index (χ2v) is 5.61. The van der Waals surface area contributed by atoms with E-state index >= 15 is 0 Å². The van der Waals surface area contributed by atoms with Crippen molar-refractivity contribution < 1.29 is 9.53 Å². The van der Waals surface area contributed by atoms with Crippen molar-refractivity contribution in [3.8, 4) is 5.75 Å². The zero-order chi connectivity index (χ0) is 13.2. The minimum Gasteiger partial charge on any atom is -0.497 e. The highest BCUT2D eigenvalue weighted by Gasteiger charge is 2.40. The summed E-state index contributed by atoms with van der Waals surface area (Å²) in [5.41, 5.74) is 0.764. The number of ether oxygens (including phenoxy) is 1. The van der Waals surface area contributed by atoms with Crippen molar-refractivity contribution in [1.82, 2.24) is 5.32 Å². The lowest BCUT2D eigenvalue weighted by Gasteiger charge is -2.23. The Morgan fingerprint density at radius 3 is 2.89 bits per heavy atom. The Bertz CT molecular complexity index is 475. The maximum absolute atomic E-state index is 12.0. The monoisotopic (exact) mass is 260 g/mol. The molecule has 0 aromatic heterocycles. The van der Waals surface area contributed by atoms with Crippen LogP contribution in [-0.2, 0) is 0 Å². The van der Waals surface area contributed by atoms with Gasteiger partial charge in [-0.25, -0.2) is 4.79 Å². The first-order valence-electron chi connectivity index (χ1n) is 6.96. The number of fused-ring (bicyclic) bond motifs is 2. The molecule has 3 rings (SSSR count). The predicted molar refractivity (Wildman–Crippen MR) is 74.4 cm³/mol. The van der Waals surface area contributed by atoms with Crippen LogP contribution in [0.1, 0.15) is 25.7 Å². The van der Waals surface area contributed by atoms with Gasteiger partial charge in [0.2, 0.25) is 0 Å². The van der Waals surface area contributed by atoms with E-state index in [2.05, 4.69) is 10.6 Å². The lowest BCUT2D eigenvalue weighted by atomic mass is 9.95. The zero-order valence-corrected chi connectivity index (χ0v) is 11.2. The lowest BCUT2D eigenvalue weighted by Crippen LogP contribution is -2.40. The summed E-state index contributed by atoms with van der Waals surface area (Å²) in [6.07, 6.45) is 5.06. The summed E-state index contributed by atoms with van der Waals surface area (Å²) in [6, 6.07) is 7.67. The summed E-state index contributed by atoms with van der Waals surface area (Å²) in [6.45, 7) is 0. The van der Waals surface area contributed by atoms with E-state index in [9.17, 15) is 4.79 Å². The summed E-state index contributed by atoms with van der Waals surface area (Å²) in [7, 11) is 1.62. The molecular formula is C15H20N2O2. The lowest BCUT2D eigenvalue weighted by molar-refractivity contribution is 0.242. The quantitative estimate of drug-likeness (QED) is 0.877. The van der Waals surface area contributed by atoms with E-state index in [0.717, 1.165) is 23.8 Å². The third kappa shape index (κ3) is 2.67. The Labute approximate surface area is 113 Å². The van der Waals surface area contributed by atoms with Crippen LogP contribution >= 0.6 is 0 Å². The van der Waals surface area contributed by atoms with E-state index in [1.807, 2.05) is 24.3 Å². The van der Waals surface area contributed by atoms with Gasteiger partial charge in [0.1, 0.15) is 5.75 Å². The summed E-state index contributed by atoms with van der Waals surface area (Å²) in [4.78, 5) is 12.0. The zero-order valence-electron chi connectivity index (χ0n) is 11.2. The number of benzene rings is 1. The van der Waals surface area contributed by atoms with Gasteiger partial charge in [-0.05, 0) is 43.2 Å². The Hall–Kier alpha value is -1.71. The molecule has 2 aliphatic rings. The van der Waals surface area contributed by atoms with Crippen LogP contribution in [-0.4, -0.2) is 19.2 Å². The molecule has 19 heavy (non-hydrogen) atoms. The molecule has 2 bridgehead atoms. The second kappa shape index (κ2) is 5.11. The molecule has 102 valence electrons. The Morgan fingerprint density at radius 1 is 1.32 bits per heavy atom. The average molecular weight is 260 g/mol. The fourth-order valence-electron chi connectivity index (χ4n) is 3.46. The molecule has 0 aliphatic heterocycles. The van der Waals surface area contributed by atoms with Crippen molar-refractivity contribution >= 4 is 11.7 Å². The number of anilines is 1. The Morgan fingerprint density at radius 2 is 2.21 bits per heavy atom. The first-order valence-corrected chi connectivity index (χ1v) is 6.96. The molecule has 4 nitrogen and oxygen atoms in total. The molecule has 2 aliphatic carbocycles. The predicted octanol–water partition coefficient (Wildman–Crippen LogP) is 3.01. The topological polar surface area (TPSA) is 50.4 Å². The van der Waals surface area contributed by atoms with Crippen LogP contribution in [0, 0.1) is 11.8 Å². The number of carbonyl (C=O) groups is 1. The van der Waals surface area contributed by atoms with Gasteiger partial charge in [0.05, 0.1) is 7.11 Å². The standard InChI is InChI=1S/C15H20N2O2/c1-19-13-4-2-3-12(9-13)16-15(18)17-14-8-10-5-6-11(14)7-10/h2-4,9-11,14H,5-8H2,1H3,(H2,16,17,18)/t10-,11+,14-/m0/s1. The average Bonchev–Trinajstić information content (AvgIpc) is 3.01. The molecule has 0 heterocycles. The molecule has 2 amide bonds. The first-order chi connectivity index (χ1) is 9.24. The van der Waals surface area contributed by atoms with Gasteiger partial charge in [-0.1, -0.05) is 12.5 Å². The number of urea groups is 1. The molecule has 2 saturated carbocycles. The van der Waals surface area contributed by atoms with Crippen molar-refractivity contribution in [3.05, 3.63) is 24.3 Å². The molecule has 0 saturated heterocycles. The van der Waals surface area contributed by atoms with E-state index < -0.39 is 0 Å². The van der Waals surface area contributed by atoms with Crippen molar-refractivity contribution in [2.24, 2.45) is 11.8 Å². The third-order valence-electron chi connectivity index (χ3n) is 4.38. The van der Waals surface area contributed by atoms with Crippen LogP contribution in [0.3, 0.4) is 0 Å². The summed E-state index contributed by atoms with van der Waals surface area (Å²) >= 11 is 0. The highest BCUT2D eigenvalue weighted by molar-refractivity contribution is 5.89. The van der Waals surface area contributed by atoms with E-state index in [4.69, 9.17) is 4.74 Å². The second-order valence-electron chi connectivity index (χ2n) is 5.61. The molecule has 2 fully saturated rings. The first kappa shape index (κ1) is 12.3. The van der Waals surface area contributed by atoms with Gasteiger partial charge in [-0.2, -0.15) is 0 Å². The van der Waals surface area contributed by atoms with Crippen molar-refractivity contribution in [2.45, 2.75) is 31.7 Å². The SMILES string of the molecule is COc1cccc(NC(=O)N[C@H]2C[C@H]3CC[C@@H]2C3)c1. The fourth-order valence-corrected chi connectivity index (χ4v) is 3.46. The van der Waals surface area contributed by atoms with E-state index in [0.29, 0.717) is 12.0 Å². The van der Waals surface area contributed by atoms with Gasteiger partial charge in [-0.15, -0.1) is 0 Å². The van der Waals surface area contributed by atoms with Gasteiger partial charge >= 0.3 is 6.03 Å². The molecule has 1 aromatic rings. The normalized spacial score (nSPS) is 28.2. The van der Waals surface area contributed by atoms with Crippen LogP contribution in [0.25, 0.3) is 0 Å². The number of rotatable bonds is 3. The molecule has 1 aromatic carbocycles. The van der Waals surface area contributed by atoms with Gasteiger partial charge < -0.3 is 15.4 Å². The molecule has 0 unspecified atom stereocenters. The van der Waals surface area contributed by atoms with Crippen molar-refractivity contribution in [2.75, 3.05) is 12.4 Å². The summed E-state index contributed by atoms with van der Waals surface area (Å²) in [5, 5.41) is 5.98. The Kier molecular flexibility index (Phi) is 3.32. The Balaban J connectivity index is 1.56. The highest BCUT2D eigenvalue weighted by Crippen LogP contribution is 2.44. The van der Waals surface area contributed by atoms with Gasteiger partial charge in [0.15, 0.2) is 0 Å².